The molecule has 176 valence electrons. The molecule has 2 fully saturated rings. The van der Waals surface area contributed by atoms with E-state index in [1.54, 1.807) is 12.1 Å². The number of amides is 3. The molecule has 0 bridgehead atoms. The van der Waals surface area contributed by atoms with Crippen molar-refractivity contribution < 1.29 is 14.4 Å². The summed E-state index contributed by atoms with van der Waals surface area (Å²) < 4.78 is 0. The van der Waals surface area contributed by atoms with Crippen molar-refractivity contribution in [2.24, 2.45) is 11.7 Å². The molecule has 1 aromatic heterocycles. The first-order chi connectivity index (χ1) is 15.9. The maximum atomic E-state index is 13.3. The van der Waals surface area contributed by atoms with Crippen molar-refractivity contribution in [3.05, 3.63) is 57.8 Å². The predicted molar refractivity (Wildman–Crippen MR) is 129 cm³/mol. The third kappa shape index (κ3) is 5.45. The van der Waals surface area contributed by atoms with Crippen molar-refractivity contribution in [3.8, 4) is 0 Å². The summed E-state index contributed by atoms with van der Waals surface area (Å²) in [5, 5.41) is 2.92. The van der Waals surface area contributed by atoms with Gasteiger partial charge in [0, 0.05) is 37.1 Å². The molecule has 0 spiro atoms. The molecule has 1 aromatic carbocycles. The lowest BCUT2D eigenvalue weighted by atomic mass is 9.82. The maximum Gasteiger partial charge on any atom is 0.264 e. The van der Waals surface area contributed by atoms with Gasteiger partial charge in [0.2, 0.25) is 11.8 Å². The number of thiophene rings is 1. The van der Waals surface area contributed by atoms with Gasteiger partial charge in [0.05, 0.1) is 10.8 Å². The molecule has 2 aromatic rings. The van der Waals surface area contributed by atoms with Crippen molar-refractivity contribution in [3.63, 3.8) is 0 Å². The summed E-state index contributed by atoms with van der Waals surface area (Å²) in [5.74, 6) is -0.762. The SMILES string of the molecule is Cc1ccc(C(=O)N2CCN(C3CCCC[C@H]3C(=O)N[C@H](C(N)=O)c3ccccc3)CC2)s1. The van der Waals surface area contributed by atoms with Crippen molar-refractivity contribution in [2.75, 3.05) is 26.2 Å². The van der Waals surface area contributed by atoms with E-state index in [0.29, 0.717) is 18.7 Å². The standard InChI is InChI=1S/C25H32N4O3S/c1-17-11-12-21(33-17)25(32)29-15-13-28(14-16-29)20-10-6-5-9-19(20)24(31)27-22(23(26)30)18-7-3-2-4-8-18/h2-4,7-8,11-12,19-20,22H,5-6,9-10,13-16H2,1H3,(H2,26,30)(H,27,31)/t19-,20?,22+/m1/s1. The minimum absolute atomic E-state index is 0.0952. The van der Waals surface area contributed by atoms with Crippen molar-refractivity contribution >= 4 is 29.1 Å². The number of piperazine rings is 1. The molecule has 4 rings (SSSR count). The Morgan fingerprint density at radius 2 is 1.70 bits per heavy atom. The lowest BCUT2D eigenvalue weighted by Gasteiger charge is -2.43. The van der Waals surface area contributed by atoms with Crippen LogP contribution < -0.4 is 11.1 Å². The zero-order valence-electron chi connectivity index (χ0n) is 19.0. The Labute approximate surface area is 198 Å². The lowest BCUT2D eigenvalue weighted by molar-refractivity contribution is -0.133. The number of nitrogens with one attached hydrogen (secondary N) is 1. The number of nitrogens with two attached hydrogens (primary N) is 1. The Balaban J connectivity index is 1.39. The molecule has 3 N–H and O–H groups in total. The Morgan fingerprint density at radius 1 is 1.00 bits per heavy atom. The van der Waals surface area contributed by atoms with E-state index in [-0.39, 0.29) is 23.8 Å². The average Bonchev–Trinajstić information content (AvgIpc) is 3.28. The Morgan fingerprint density at radius 3 is 2.33 bits per heavy atom. The molecule has 1 aliphatic carbocycles. The summed E-state index contributed by atoms with van der Waals surface area (Å²) >= 11 is 1.53. The molecule has 8 heteroatoms. The number of nitrogens with zero attached hydrogens (tertiary/aromatic N) is 2. The van der Waals surface area contributed by atoms with Crippen LogP contribution in [-0.4, -0.2) is 59.7 Å². The van der Waals surface area contributed by atoms with Crippen LogP contribution in [0.1, 0.15) is 51.8 Å². The first-order valence-corrected chi connectivity index (χ1v) is 12.5. The van der Waals surface area contributed by atoms with Gasteiger partial charge < -0.3 is 16.0 Å². The van der Waals surface area contributed by atoms with Crippen LogP contribution in [0, 0.1) is 12.8 Å². The summed E-state index contributed by atoms with van der Waals surface area (Å²) in [6.07, 6.45) is 3.82. The number of carbonyl (C=O) groups is 3. The highest BCUT2D eigenvalue weighted by atomic mass is 32.1. The van der Waals surface area contributed by atoms with E-state index in [9.17, 15) is 14.4 Å². The molecular weight excluding hydrogens is 436 g/mol. The third-order valence-electron chi connectivity index (χ3n) is 6.79. The van der Waals surface area contributed by atoms with Crippen LogP contribution in [0.5, 0.6) is 0 Å². The van der Waals surface area contributed by atoms with Crippen LogP contribution in [0.15, 0.2) is 42.5 Å². The fourth-order valence-corrected chi connectivity index (χ4v) is 5.87. The first kappa shape index (κ1) is 23.4. The number of hydrogen-bond donors (Lipinski definition) is 2. The number of hydrogen-bond acceptors (Lipinski definition) is 5. The molecular formula is C25H32N4O3S. The van der Waals surface area contributed by atoms with Gasteiger partial charge in [0.15, 0.2) is 0 Å². The molecule has 3 amide bonds. The number of benzene rings is 1. The largest absolute Gasteiger partial charge is 0.368 e. The van der Waals surface area contributed by atoms with Crippen LogP contribution in [0.25, 0.3) is 0 Å². The molecule has 7 nitrogen and oxygen atoms in total. The van der Waals surface area contributed by atoms with E-state index in [1.165, 1.54) is 11.3 Å². The number of primary amides is 1. The first-order valence-electron chi connectivity index (χ1n) is 11.7. The van der Waals surface area contributed by atoms with E-state index in [1.807, 2.05) is 42.2 Å². The van der Waals surface area contributed by atoms with Crippen molar-refractivity contribution in [1.29, 1.82) is 0 Å². The van der Waals surface area contributed by atoms with Gasteiger partial charge in [-0.1, -0.05) is 43.2 Å². The van der Waals surface area contributed by atoms with E-state index in [4.69, 9.17) is 5.73 Å². The quantitative estimate of drug-likeness (QED) is 0.681. The molecule has 1 saturated carbocycles. The van der Waals surface area contributed by atoms with Gasteiger partial charge in [-0.05, 0) is 37.5 Å². The highest BCUT2D eigenvalue weighted by molar-refractivity contribution is 7.13. The smallest absolute Gasteiger partial charge is 0.264 e. The zero-order chi connectivity index (χ0) is 23.4. The highest BCUT2D eigenvalue weighted by Gasteiger charge is 2.38. The van der Waals surface area contributed by atoms with Gasteiger partial charge >= 0.3 is 0 Å². The van der Waals surface area contributed by atoms with Crippen molar-refractivity contribution in [1.82, 2.24) is 15.1 Å². The summed E-state index contributed by atoms with van der Waals surface area (Å²) in [5.41, 5.74) is 6.31. The van der Waals surface area contributed by atoms with Gasteiger partial charge in [-0.15, -0.1) is 11.3 Å². The van der Waals surface area contributed by atoms with E-state index in [2.05, 4.69) is 10.2 Å². The Kier molecular flexibility index (Phi) is 7.45. The highest BCUT2D eigenvalue weighted by Crippen LogP contribution is 2.30. The number of carbonyl (C=O) groups excluding carboxylic acids is 3. The van der Waals surface area contributed by atoms with Gasteiger partial charge in [-0.2, -0.15) is 0 Å². The second-order valence-corrected chi connectivity index (χ2v) is 10.2. The lowest BCUT2D eigenvalue weighted by Crippen LogP contribution is -2.56. The molecule has 0 radical (unpaired) electrons. The Bertz CT molecular complexity index is 985. The molecule has 2 heterocycles. The van der Waals surface area contributed by atoms with Crippen LogP contribution in [-0.2, 0) is 9.59 Å². The van der Waals surface area contributed by atoms with Crippen LogP contribution >= 0.6 is 11.3 Å². The summed E-state index contributed by atoms with van der Waals surface area (Å²) in [6, 6.07) is 12.3. The van der Waals surface area contributed by atoms with E-state index < -0.39 is 11.9 Å². The van der Waals surface area contributed by atoms with E-state index in [0.717, 1.165) is 48.5 Å². The molecule has 33 heavy (non-hydrogen) atoms. The van der Waals surface area contributed by atoms with Crippen molar-refractivity contribution in [2.45, 2.75) is 44.7 Å². The van der Waals surface area contributed by atoms with Gasteiger partial charge in [-0.25, -0.2) is 0 Å². The average molecular weight is 469 g/mol. The van der Waals surface area contributed by atoms with E-state index >= 15 is 0 Å². The third-order valence-corrected chi connectivity index (χ3v) is 7.78. The number of rotatable bonds is 6. The normalized spacial score (nSPS) is 22.5. The number of aryl methyl sites for hydroxylation is 1. The minimum atomic E-state index is -0.829. The van der Waals surface area contributed by atoms with Gasteiger partial charge in [-0.3, -0.25) is 19.3 Å². The molecule has 1 unspecified atom stereocenters. The van der Waals surface area contributed by atoms with Crippen LogP contribution in [0.3, 0.4) is 0 Å². The summed E-state index contributed by atoms with van der Waals surface area (Å²) in [4.78, 5) is 44.4. The van der Waals surface area contributed by atoms with Gasteiger partial charge in [0.25, 0.3) is 5.91 Å². The summed E-state index contributed by atoms with van der Waals surface area (Å²) in [6.45, 7) is 4.84. The molecule has 1 saturated heterocycles. The molecule has 1 aliphatic heterocycles. The second kappa shape index (κ2) is 10.5. The van der Waals surface area contributed by atoms with Crippen LogP contribution in [0.4, 0.5) is 0 Å². The second-order valence-electron chi connectivity index (χ2n) is 8.95. The minimum Gasteiger partial charge on any atom is -0.368 e. The molecule has 2 aliphatic rings. The Hall–Kier alpha value is -2.71. The fraction of sp³-hybridized carbons (Fsp3) is 0.480. The fourth-order valence-electron chi connectivity index (χ4n) is 5.03. The zero-order valence-corrected chi connectivity index (χ0v) is 19.9. The summed E-state index contributed by atoms with van der Waals surface area (Å²) in [7, 11) is 0. The van der Waals surface area contributed by atoms with Crippen LogP contribution in [0.2, 0.25) is 0 Å². The van der Waals surface area contributed by atoms with Gasteiger partial charge in [0.1, 0.15) is 6.04 Å². The molecule has 3 atom stereocenters. The predicted octanol–water partition coefficient (Wildman–Crippen LogP) is 2.72. The monoisotopic (exact) mass is 468 g/mol. The topological polar surface area (TPSA) is 95.7 Å². The maximum absolute atomic E-state index is 13.3.